The molecule has 0 aromatic heterocycles. The van der Waals surface area contributed by atoms with Crippen LogP contribution in [0.1, 0.15) is 37.9 Å². The van der Waals surface area contributed by atoms with Gasteiger partial charge < -0.3 is 30.2 Å². The van der Waals surface area contributed by atoms with Crippen LogP contribution in [0.4, 0.5) is 5.69 Å². The molecule has 0 aliphatic carbocycles. The Hall–Kier alpha value is -3.11. The molecule has 0 bridgehead atoms. The number of hydrogen-bond donors (Lipinski definition) is 3. The van der Waals surface area contributed by atoms with E-state index < -0.39 is 12.0 Å². The SMILES string of the molecule is CCOC(=O)C1=C(C)NC(=S)NC1c1cc(Br)c(OCC(=O)Nc2ccccc2C)c(OCC)c1. The van der Waals surface area contributed by atoms with Crippen molar-refractivity contribution in [2.45, 2.75) is 33.7 Å². The van der Waals surface area contributed by atoms with E-state index >= 15 is 0 Å². The average Bonchev–Trinajstić information content (AvgIpc) is 2.79. The van der Waals surface area contributed by atoms with E-state index in [1.165, 1.54) is 0 Å². The van der Waals surface area contributed by atoms with E-state index in [9.17, 15) is 9.59 Å². The first-order valence-corrected chi connectivity index (χ1v) is 12.3. The van der Waals surface area contributed by atoms with Gasteiger partial charge in [0, 0.05) is 11.4 Å². The van der Waals surface area contributed by atoms with Gasteiger partial charge in [0.25, 0.3) is 5.91 Å². The number of esters is 1. The molecule has 3 rings (SSSR count). The summed E-state index contributed by atoms with van der Waals surface area (Å²) in [6.45, 7) is 7.70. The number of nitrogens with one attached hydrogen (secondary N) is 3. The van der Waals surface area contributed by atoms with E-state index in [0.717, 1.165) is 11.3 Å². The van der Waals surface area contributed by atoms with Gasteiger partial charge in [-0.1, -0.05) is 18.2 Å². The molecule has 1 amide bonds. The second-order valence-electron chi connectivity index (χ2n) is 7.71. The van der Waals surface area contributed by atoms with E-state index in [2.05, 4.69) is 31.9 Å². The number of rotatable bonds is 9. The Morgan fingerprint density at radius 1 is 1.11 bits per heavy atom. The number of carbonyl (C=O) groups is 2. The second kappa shape index (κ2) is 12.0. The minimum Gasteiger partial charge on any atom is -0.490 e. The maximum atomic E-state index is 12.7. The van der Waals surface area contributed by atoms with Crippen LogP contribution >= 0.6 is 28.1 Å². The molecule has 0 spiro atoms. The van der Waals surface area contributed by atoms with Gasteiger partial charge in [0.1, 0.15) is 0 Å². The maximum Gasteiger partial charge on any atom is 0.338 e. The van der Waals surface area contributed by atoms with Crippen molar-refractivity contribution in [1.29, 1.82) is 0 Å². The summed E-state index contributed by atoms with van der Waals surface area (Å²) in [5.74, 6) is 0.0594. The molecule has 35 heavy (non-hydrogen) atoms. The van der Waals surface area contributed by atoms with Crippen molar-refractivity contribution >= 4 is 50.8 Å². The Morgan fingerprint density at radius 3 is 2.54 bits per heavy atom. The van der Waals surface area contributed by atoms with Gasteiger partial charge in [0.15, 0.2) is 23.2 Å². The van der Waals surface area contributed by atoms with Gasteiger partial charge in [-0.25, -0.2) is 4.79 Å². The van der Waals surface area contributed by atoms with Gasteiger partial charge in [0.05, 0.1) is 29.3 Å². The van der Waals surface area contributed by atoms with Crippen LogP contribution < -0.4 is 25.4 Å². The van der Waals surface area contributed by atoms with Crippen molar-refractivity contribution in [3.63, 3.8) is 0 Å². The highest BCUT2D eigenvalue weighted by Gasteiger charge is 2.32. The fourth-order valence-electron chi connectivity index (χ4n) is 3.62. The Bertz CT molecular complexity index is 1170. The number of anilines is 1. The molecule has 1 atom stereocenters. The smallest absolute Gasteiger partial charge is 0.338 e. The Kier molecular flexibility index (Phi) is 9.11. The molecule has 3 N–H and O–H groups in total. The van der Waals surface area contributed by atoms with Crippen LogP contribution in [0.5, 0.6) is 11.5 Å². The van der Waals surface area contributed by atoms with Crippen molar-refractivity contribution in [1.82, 2.24) is 10.6 Å². The van der Waals surface area contributed by atoms with Crippen LogP contribution in [-0.4, -0.2) is 36.8 Å². The summed E-state index contributed by atoms with van der Waals surface area (Å²) in [6.07, 6.45) is 0. The zero-order chi connectivity index (χ0) is 25.5. The van der Waals surface area contributed by atoms with Gasteiger partial charge in [0.2, 0.25) is 0 Å². The molecule has 2 aromatic carbocycles. The van der Waals surface area contributed by atoms with Crippen LogP contribution in [0.2, 0.25) is 0 Å². The molecule has 1 heterocycles. The van der Waals surface area contributed by atoms with Crippen molar-refractivity contribution in [2.24, 2.45) is 0 Å². The summed E-state index contributed by atoms with van der Waals surface area (Å²) in [4.78, 5) is 25.2. The minimum absolute atomic E-state index is 0.213. The molecule has 1 aliphatic rings. The summed E-state index contributed by atoms with van der Waals surface area (Å²) in [5, 5.41) is 9.35. The fourth-order valence-corrected chi connectivity index (χ4v) is 4.46. The van der Waals surface area contributed by atoms with Gasteiger partial charge in [-0.05, 0) is 85.2 Å². The first-order valence-electron chi connectivity index (χ1n) is 11.1. The zero-order valence-electron chi connectivity index (χ0n) is 20.0. The van der Waals surface area contributed by atoms with E-state index in [1.54, 1.807) is 26.0 Å². The summed E-state index contributed by atoms with van der Waals surface area (Å²) in [5.41, 5.74) is 3.42. The molecule has 186 valence electrons. The lowest BCUT2D eigenvalue weighted by Crippen LogP contribution is -2.45. The van der Waals surface area contributed by atoms with E-state index in [-0.39, 0.29) is 19.1 Å². The number of ether oxygens (including phenoxy) is 3. The number of allylic oxidation sites excluding steroid dienone is 1. The lowest BCUT2D eigenvalue weighted by Gasteiger charge is -2.30. The predicted molar refractivity (Wildman–Crippen MR) is 142 cm³/mol. The van der Waals surface area contributed by atoms with Gasteiger partial charge in [-0.15, -0.1) is 0 Å². The second-order valence-corrected chi connectivity index (χ2v) is 8.97. The van der Waals surface area contributed by atoms with Gasteiger partial charge >= 0.3 is 5.97 Å². The molecule has 0 fully saturated rings. The topological polar surface area (TPSA) is 97.9 Å². The quantitative estimate of drug-likeness (QED) is 0.303. The zero-order valence-corrected chi connectivity index (χ0v) is 22.4. The third-order valence-corrected chi connectivity index (χ3v) is 6.01. The van der Waals surface area contributed by atoms with Crippen LogP contribution in [0.15, 0.2) is 52.1 Å². The minimum atomic E-state index is -0.559. The van der Waals surface area contributed by atoms with Crippen molar-refractivity contribution in [3.8, 4) is 11.5 Å². The molecule has 0 radical (unpaired) electrons. The third kappa shape index (κ3) is 6.52. The molecule has 0 saturated heterocycles. The lowest BCUT2D eigenvalue weighted by molar-refractivity contribution is -0.139. The summed E-state index contributed by atoms with van der Waals surface area (Å²) >= 11 is 8.86. The Labute approximate surface area is 218 Å². The van der Waals surface area contributed by atoms with E-state index in [4.69, 9.17) is 26.4 Å². The first-order chi connectivity index (χ1) is 16.7. The van der Waals surface area contributed by atoms with E-state index in [0.29, 0.717) is 44.5 Å². The lowest BCUT2D eigenvalue weighted by atomic mass is 9.95. The fraction of sp³-hybridized carbons (Fsp3) is 0.320. The van der Waals surface area contributed by atoms with Crippen LogP contribution in [0.25, 0.3) is 0 Å². The van der Waals surface area contributed by atoms with Crippen LogP contribution in [-0.2, 0) is 14.3 Å². The molecule has 0 saturated carbocycles. The molecule has 1 aliphatic heterocycles. The maximum absolute atomic E-state index is 12.7. The number of amides is 1. The molecule has 1 unspecified atom stereocenters. The van der Waals surface area contributed by atoms with Crippen molar-refractivity contribution in [2.75, 3.05) is 25.1 Å². The summed E-state index contributed by atoms with van der Waals surface area (Å²) < 4.78 is 17.5. The van der Waals surface area contributed by atoms with Gasteiger partial charge in [-0.2, -0.15) is 0 Å². The van der Waals surface area contributed by atoms with E-state index in [1.807, 2.05) is 38.1 Å². The highest BCUT2D eigenvalue weighted by atomic mass is 79.9. The standard InChI is InChI=1S/C25H28BrN3O5S/c1-5-32-19-12-16(22-21(24(31)33-6-2)15(4)27-25(35)29-22)11-17(26)23(19)34-13-20(30)28-18-10-8-7-9-14(18)3/h7-12,22H,5-6,13H2,1-4H3,(H,28,30)(H2,27,29,35). The predicted octanol–water partition coefficient (Wildman–Crippen LogP) is 4.53. The average molecular weight is 562 g/mol. The largest absolute Gasteiger partial charge is 0.490 e. The molecule has 8 nitrogen and oxygen atoms in total. The van der Waals surface area contributed by atoms with Crippen molar-refractivity contribution in [3.05, 3.63) is 63.3 Å². The number of para-hydroxylation sites is 1. The number of carbonyl (C=O) groups excluding carboxylic acids is 2. The number of hydrogen-bond acceptors (Lipinski definition) is 6. The van der Waals surface area contributed by atoms with Crippen LogP contribution in [0, 0.1) is 6.92 Å². The highest BCUT2D eigenvalue weighted by Crippen LogP contribution is 2.40. The van der Waals surface area contributed by atoms with Crippen LogP contribution in [0.3, 0.4) is 0 Å². The molecule has 2 aromatic rings. The Balaban J connectivity index is 1.87. The summed E-state index contributed by atoms with van der Waals surface area (Å²) in [7, 11) is 0. The normalized spacial score (nSPS) is 15.1. The first kappa shape index (κ1) is 26.5. The molecule has 10 heteroatoms. The Morgan fingerprint density at radius 2 is 1.86 bits per heavy atom. The number of halogens is 1. The monoisotopic (exact) mass is 561 g/mol. The van der Waals surface area contributed by atoms with Crippen molar-refractivity contribution < 1.29 is 23.8 Å². The number of thiocarbonyl (C=S) groups is 1. The summed E-state index contributed by atoms with van der Waals surface area (Å²) in [6, 6.07) is 10.5. The molecular weight excluding hydrogens is 534 g/mol. The third-order valence-electron chi connectivity index (χ3n) is 5.20. The number of benzene rings is 2. The number of aryl methyl sites for hydroxylation is 1. The highest BCUT2D eigenvalue weighted by molar-refractivity contribution is 9.10. The molecular formula is C25H28BrN3O5S. The van der Waals surface area contributed by atoms with Gasteiger partial charge in [-0.3, -0.25) is 4.79 Å².